The second-order valence-electron chi connectivity index (χ2n) is 5.96. The van der Waals surface area contributed by atoms with Crippen molar-refractivity contribution in [3.63, 3.8) is 0 Å². The van der Waals surface area contributed by atoms with E-state index in [1.54, 1.807) is 0 Å². The summed E-state index contributed by atoms with van der Waals surface area (Å²) in [5.74, 6) is -0.000851. The Morgan fingerprint density at radius 2 is 1.85 bits per heavy atom. The van der Waals surface area contributed by atoms with Crippen molar-refractivity contribution < 1.29 is 9.53 Å². The second-order valence-corrected chi connectivity index (χ2v) is 5.96. The molecule has 1 aliphatic heterocycles. The number of hydrogen-bond acceptors (Lipinski definition) is 3. The molecule has 0 spiro atoms. The Bertz CT molecular complexity index is 440. The van der Waals surface area contributed by atoms with Crippen molar-refractivity contribution in [3.8, 4) is 0 Å². The first-order valence-electron chi connectivity index (χ1n) is 7.81. The van der Waals surface area contributed by atoms with Gasteiger partial charge in [0.1, 0.15) is 12.1 Å². The van der Waals surface area contributed by atoms with E-state index in [1.165, 1.54) is 24.8 Å². The highest BCUT2D eigenvalue weighted by atomic mass is 16.5. The van der Waals surface area contributed by atoms with Crippen LogP contribution in [0.15, 0.2) is 30.3 Å². The van der Waals surface area contributed by atoms with Crippen molar-refractivity contribution in [3.05, 3.63) is 35.9 Å². The van der Waals surface area contributed by atoms with Crippen LogP contribution < -0.4 is 0 Å². The average Bonchev–Trinajstić information content (AvgIpc) is 2.46. The molecule has 1 aromatic carbocycles. The average molecular weight is 273 g/mol. The van der Waals surface area contributed by atoms with Gasteiger partial charge in [-0.2, -0.15) is 0 Å². The summed E-state index contributed by atoms with van der Waals surface area (Å²) in [5, 5.41) is 0. The molecule has 1 aromatic rings. The Morgan fingerprint density at radius 3 is 2.50 bits per heavy atom. The minimum atomic E-state index is -0.0165. The predicted octanol–water partition coefficient (Wildman–Crippen LogP) is 3.14. The minimum absolute atomic E-state index is 0.000851. The molecule has 0 radical (unpaired) electrons. The smallest absolute Gasteiger partial charge is 0.323 e. The number of carbonyl (C=O) groups excluding carboxylic acids is 1. The van der Waals surface area contributed by atoms with Gasteiger partial charge in [0.15, 0.2) is 0 Å². The molecule has 1 atom stereocenters. The SMILES string of the molecule is O=C(OC1CCCCC1)[C@H]1CCN1Cc1ccccc1. The lowest BCUT2D eigenvalue weighted by Gasteiger charge is -2.40. The highest BCUT2D eigenvalue weighted by molar-refractivity contribution is 5.77. The lowest BCUT2D eigenvalue weighted by molar-refractivity contribution is -0.162. The molecule has 0 unspecified atom stereocenters. The lowest BCUT2D eigenvalue weighted by atomic mass is 9.97. The maximum Gasteiger partial charge on any atom is 0.323 e. The molecule has 3 nitrogen and oxygen atoms in total. The zero-order valence-electron chi connectivity index (χ0n) is 12.0. The molecule has 20 heavy (non-hydrogen) atoms. The molecule has 1 heterocycles. The van der Waals surface area contributed by atoms with E-state index >= 15 is 0 Å². The van der Waals surface area contributed by atoms with Gasteiger partial charge in [0.25, 0.3) is 0 Å². The van der Waals surface area contributed by atoms with Gasteiger partial charge >= 0.3 is 5.97 Å². The number of nitrogens with zero attached hydrogens (tertiary/aromatic N) is 1. The highest BCUT2D eigenvalue weighted by Crippen LogP contribution is 2.25. The number of likely N-dealkylation sites (tertiary alicyclic amines) is 1. The van der Waals surface area contributed by atoms with Crippen molar-refractivity contribution in [2.45, 2.75) is 57.2 Å². The van der Waals surface area contributed by atoms with Gasteiger partial charge in [0.2, 0.25) is 0 Å². The third-order valence-electron chi connectivity index (χ3n) is 4.47. The highest BCUT2D eigenvalue weighted by Gasteiger charge is 2.36. The number of hydrogen-bond donors (Lipinski definition) is 0. The molecule has 1 saturated heterocycles. The molecular weight excluding hydrogens is 250 g/mol. The molecule has 3 rings (SSSR count). The molecule has 1 aliphatic carbocycles. The predicted molar refractivity (Wildman–Crippen MR) is 78.2 cm³/mol. The van der Waals surface area contributed by atoms with Crippen LogP contribution in [0.1, 0.15) is 44.1 Å². The molecular formula is C17H23NO2. The Morgan fingerprint density at radius 1 is 1.10 bits per heavy atom. The van der Waals surface area contributed by atoms with E-state index in [0.29, 0.717) is 0 Å². The molecule has 2 aliphatic rings. The molecule has 0 N–H and O–H groups in total. The maximum atomic E-state index is 12.2. The normalized spacial score (nSPS) is 24.1. The monoisotopic (exact) mass is 273 g/mol. The number of ether oxygens (including phenoxy) is 1. The lowest BCUT2D eigenvalue weighted by Crippen LogP contribution is -2.52. The van der Waals surface area contributed by atoms with Gasteiger partial charge < -0.3 is 4.74 Å². The summed E-state index contributed by atoms with van der Waals surface area (Å²) >= 11 is 0. The Labute approximate surface area is 120 Å². The van der Waals surface area contributed by atoms with Crippen LogP contribution in [0, 0.1) is 0 Å². The van der Waals surface area contributed by atoms with Crippen molar-refractivity contribution in [2.75, 3.05) is 6.54 Å². The number of rotatable bonds is 4. The van der Waals surface area contributed by atoms with Crippen LogP contribution in [0.4, 0.5) is 0 Å². The van der Waals surface area contributed by atoms with Crippen LogP contribution in [-0.4, -0.2) is 29.6 Å². The zero-order chi connectivity index (χ0) is 13.8. The topological polar surface area (TPSA) is 29.5 Å². The summed E-state index contributed by atoms with van der Waals surface area (Å²) in [6, 6.07) is 10.3. The van der Waals surface area contributed by atoms with E-state index in [4.69, 9.17) is 4.74 Å². The fraction of sp³-hybridized carbons (Fsp3) is 0.588. The maximum absolute atomic E-state index is 12.2. The van der Waals surface area contributed by atoms with Gasteiger partial charge in [0, 0.05) is 13.1 Å². The fourth-order valence-electron chi connectivity index (χ4n) is 3.14. The summed E-state index contributed by atoms with van der Waals surface area (Å²) in [6.45, 7) is 1.85. The van der Waals surface area contributed by atoms with Crippen LogP contribution in [0.2, 0.25) is 0 Å². The van der Waals surface area contributed by atoms with E-state index < -0.39 is 0 Å². The summed E-state index contributed by atoms with van der Waals surface area (Å²) in [5.41, 5.74) is 1.27. The van der Waals surface area contributed by atoms with Gasteiger partial charge in [-0.15, -0.1) is 0 Å². The van der Waals surface area contributed by atoms with Crippen LogP contribution >= 0.6 is 0 Å². The van der Waals surface area contributed by atoms with Gasteiger partial charge in [-0.25, -0.2) is 0 Å². The molecule has 0 aromatic heterocycles. The molecule has 3 heteroatoms. The Balaban J connectivity index is 1.50. The third kappa shape index (κ3) is 3.21. The third-order valence-corrected chi connectivity index (χ3v) is 4.47. The second kappa shape index (κ2) is 6.40. The van der Waals surface area contributed by atoms with Crippen LogP contribution in [0.25, 0.3) is 0 Å². The van der Waals surface area contributed by atoms with Gasteiger partial charge in [0.05, 0.1) is 0 Å². The van der Waals surface area contributed by atoms with Crippen LogP contribution in [0.5, 0.6) is 0 Å². The van der Waals surface area contributed by atoms with Crippen molar-refractivity contribution in [2.24, 2.45) is 0 Å². The van der Waals surface area contributed by atoms with Crippen LogP contribution in [0.3, 0.4) is 0 Å². The Kier molecular flexibility index (Phi) is 4.36. The first-order chi connectivity index (χ1) is 9.83. The first-order valence-corrected chi connectivity index (χ1v) is 7.81. The quantitative estimate of drug-likeness (QED) is 0.789. The molecule has 2 fully saturated rings. The molecule has 1 saturated carbocycles. The summed E-state index contributed by atoms with van der Waals surface area (Å²) in [4.78, 5) is 14.5. The molecule has 0 bridgehead atoms. The number of esters is 1. The van der Waals surface area contributed by atoms with Crippen molar-refractivity contribution >= 4 is 5.97 Å². The zero-order valence-corrected chi connectivity index (χ0v) is 12.0. The fourth-order valence-corrected chi connectivity index (χ4v) is 3.14. The summed E-state index contributed by atoms with van der Waals surface area (Å²) in [6.07, 6.45) is 6.92. The van der Waals surface area contributed by atoms with Crippen LogP contribution in [-0.2, 0) is 16.1 Å². The van der Waals surface area contributed by atoms with Crippen molar-refractivity contribution in [1.29, 1.82) is 0 Å². The molecule has 0 amide bonds. The van der Waals surface area contributed by atoms with Gasteiger partial charge in [-0.3, -0.25) is 9.69 Å². The first kappa shape index (κ1) is 13.6. The van der Waals surface area contributed by atoms with Gasteiger partial charge in [-0.05, 0) is 37.7 Å². The van der Waals surface area contributed by atoms with E-state index in [2.05, 4.69) is 17.0 Å². The van der Waals surface area contributed by atoms with E-state index in [0.717, 1.165) is 32.4 Å². The van der Waals surface area contributed by atoms with E-state index in [9.17, 15) is 4.79 Å². The van der Waals surface area contributed by atoms with E-state index in [1.807, 2.05) is 18.2 Å². The summed E-state index contributed by atoms with van der Waals surface area (Å²) in [7, 11) is 0. The Hall–Kier alpha value is -1.35. The minimum Gasteiger partial charge on any atom is -0.461 e. The number of carbonyl (C=O) groups is 1. The molecule has 108 valence electrons. The standard InChI is InChI=1S/C17H23NO2/c19-17(20-15-9-5-2-6-10-15)16-11-12-18(16)13-14-7-3-1-4-8-14/h1,3-4,7-8,15-16H,2,5-6,9-13H2/t16-/m1/s1. The largest absolute Gasteiger partial charge is 0.461 e. The summed E-state index contributed by atoms with van der Waals surface area (Å²) < 4.78 is 5.68. The van der Waals surface area contributed by atoms with E-state index in [-0.39, 0.29) is 18.1 Å². The van der Waals surface area contributed by atoms with Gasteiger partial charge in [-0.1, -0.05) is 36.8 Å². The van der Waals surface area contributed by atoms with Crippen molar-refractivity contribution in [1.82, 2.24) is 4.90 Å². The number of benzene rings is 1.